The van der Waals surface area contributed by atoms with Crippen LogP contribution in [0.15, 0.2) is 58.6 Å². The number of carbonyl (C=O) groups is 1. The van der Waals surface area contributed by atoms with Crippen molar-refractivity contribution in [3.63, 3.8) is 0 Å². The Balaban J connectivity index is 2.29. The van der Waals surface area contributed by atoms with Gasteiger partial charge in [-0.05, 0) is 22.9 Å². The Morgan fingerprint density at radius 2 is 1.88 bits per heavy atom. The molecule has 3 heteroatoms. The first kappa shape index (κ1) is 10.9. The van der Waals surface area contributed by atoms with Crippen LogP contribution in [0.3, 0.4) is 0 Å². The third kappa shape index (κ3) is 2.49. The van der Waals surface area contributed by atoms with E-state index in [-0.39, 0.29) is 6.29 Å². The maximum Gasteiger partial charge on any atom is 0.178 e. The highest BCUT2D eigenvalue weighted by molar-refractivity contribution is 8.02. The molecular formula is C13H9FOS. The first-order chi connectivity index (χ1) is 7.79. The Morgan fingerprint density at radius 1 is 1.12 bits per heavy atom. The van der Waals surface area contributed by atoms with Gasteiger partial charge >= 0.3 is 0 Å². The largest absolute Gasteiger partial charge is 0.295 e. The van der Waals surface area contributed by atoms with E-state index in [9.17, 15) is 9.18 Å². The standard InChI is InChI=1S/C13H9FOS/c14-12(8-15)9-16-13-6-5-10-3-1-2-4-11(10)7-13/h1-9H/b12-9-. The highest BCUT2D eigenvalue weighted by atomic mass is 32.2. The average Bonchev–Trinajstić information content (AvgIpc) is 2.35. The van der Waals surface area contributed by atoms with Crippen molar-refractivity contribution >= 4 is 28.8 Å². The highest BCUT2D eigenvalue weighted by Gasteiger charge is 1.96. The van der Waals surface area contributed by atoms with Crippen LogP contribution in [0.5, 0.6) is 0 Å². The number of allylic oxidation sites excluding steroid dienone is 1. The quantitative estimate of drug-likeness (QED) is 0.453. The molecule has 0 aliphatic rings. The Labute approximate surface area is 97.0 Å². The van der Waals surface area contributed by atoms with E-state index in [4.69, 9.17) is 0 Å². The predicted octanol–water partition coefficient (Wildman–Crippen LogP) is 3.94. The summed E-state index contributed by atoms with van der Waals surface area (Å²) >= 11 is 1.20. The Morgan fingerprint density at radius 3 is 2.62 bits per heavy atom. The van der Waals surface area contributed by atoms with Crippen molar-refractivity contribution in [3.8, 4) is 0 Å². The molecule has 0 aliphatic carbocycles. The van der Waals surface area contributed by atoms with Crippen molar-refractivity contribution in [3.05, 3.63) is 53.7 Å². The zero-order chi connectivity index (χ0) is 11.4. The van der Waals surface area contributed by atoms with E-state index in [0.29, 0.717) is 0 Å². The molecule has 0 bridgehead atoms. The highest BCUT2D eigenvalue weighted by Crippen LogP contribution is 2.25. The van der Waals surface area contributed by atoms with Gasteiger partial charge in [0.2, 0.25) is 0 Å². The normalized spacial score (nSPS) is 11.7. The van der Waals surface area contributed by atoms with Crippen molar-refractivity contribution in [2.75, 3.05) is 0 Å². The number of thioether (sulfide) groups is 1. The molecule has 0 unspecified atom stereocenters. The molecule has 0 N–H and O–H groups in total. The molecule has 2 aromatic rings. The number of hydrogen-bond donors (Lipinski definition) is 0. The summed E-state index contributed by atoms with van der Waals surface area (Å²) < 4.78 is 12.6. The van der Waals surface area contributed by atoms with Crippen molar-refractivity contribution in [2.45, 2.75) is 4.90 Å². The molecule has 2 rings (SSSR count). The first-order valence-corrected chi connectivity index (χ1v) is 5.64. The molecule has 0 heterocycles. The van der Waals surface area contributed by atoms with Crippen LogP contribution in [0.2, 0.25) is 0 Å². The van der Waals surface area contributed by atoms with Crippen molar-refractivity contribution < 1.29 is 9.18 Å². The summed E-state index contributed by atoms with van der Waals surface area (Å²) in [6.45, 7) is 0. The third-order valence-corrected chi connectivity index (χ3v) is 3.01. The number of hydrogen-bond acceptors (Lipinski definition) is 2. The minimum absolute atomic E-state index is 0.202. The van der Waals surface area contributed by atoms with Gasteiger partial charge in [0.25, 0.3) is 0 Å². The molecule has 0 atom stereocenters. The summed E-state index contributed by atoms with van der Waals surface area (Å²) in [5.74, 6) is -0.752. The summed E-state index contributed by atoms with van der Waals surface area (Å²) in [6.07, 6.45) is 0.202. The van der Waals surface area contributed by atoms with Gasteiger partial charge in [-0.15, -0.1) is 0 Å². The van der Waals surface area contributed by atoms with Gasteiger partial charge in [-0.25, -0.2) is 4.39 Å². The second-order valence-electron chi connectivity index (χ2n) is 3.25. The monoisotopic (exact) mass is 232 g/mol. The molecule has 0 fully saturated rings. The average molecular weight is 232 g/mol. The number of fused-ring (bicyclic) bond motifs is 1. The van der Waals surface area contributed by atoms with E-state index in [1.165, 1.54) is 17.2 Å². The second kappa shape index (κ2) is 4.94. The lowest BCUT2D eigenvalue weighted by molar-refractivity contribution is -0.106. The fraction of sp³-hybridized carbons (Fsp3) is 0. The van der Waals surface area contributed by atoms with Crippen LogP contribution in [-0.4, -0.2) is 6.29 Å². The molecule has 0 aliphatic heterocycles. The van der Waals surface area contributed by atoms with Gasteiger partial charge in [-0.1, -0.05) is 42.1 Å². The van der Waals surface area contributed by atoms with Gasteiger partial charge in [-0.2, -0.15) is 0 Å². The molecule has 80 valence electrons. The fourth-order valence-corrected chi connectivity index (χ4v) is 2.04. The number of aldehydes is 1. The van der Waals surface area contributed by atoms with Gasteiger partial charge in [0.05, 0.1) is 0 Å². The maximum absolute atomic E-state index is 12.6. The summed E-state index contributed by atoms with van der Waals surface area (Å²) in [7, 11) is 0. The minimum Gasteiger partial charge on any atom is -0.295 e. The summed E-state index contributed by atoms with van der Waals surface area (Å²) in [5, 5.41) is 3.45. The van der Waals surface area contributed by atoms with E-state index in [1.807, 2.05) is 42.5 Å². The zero-order valence-electron chi connectivity index (χ0n) is 8.39. The summed E-state index contributed by atoms with van der Waals surface area (Å²) in [5.41, 5.74) is 0. The Hall–Kier alpha value is -1.61. The van der Waals surface area contributed by atoms with E-state index in [2.05, 4.69) is 0 Å². The Kier molecular flexibility index (Phi) is 3.37. The topological polar surface area (TPSA) is 17.1 Å². The molecular weight excluding hydrogens is 223 g/mol. The molecule has 0 spiro atoms. The molecule has 0 radical (unpaired) electrons. The van der Waals surface area contributed by atoms with Crippen LogP contribution < -0.4 is 0 Å². The van der Waals surface area contributed by atoms with Crippen LogP contribution in [0.4, 0.5) is 4.39 Å². The predicted molar refractivity (Wildman–Crippen MR) is 65.1 cm³/mol. The third-order valence-electron chi connectivity index (χ3n) is 2.14. The van der Waals surface area contributed by atoms with Gasteiger partial charge in [-0.3, -0.25) is 4.79 Å². The van der Waals surface area contributed by atoms with Crippen LogP contribution in [0, 0.1) is 0 Å². The summed E-state index contributed by atoms with van der Waals surface area (Å²) in [6, 6.07) is 13.8. The SMILES string of the molecule is O=C/C(F)=C/Sc1ccc2ccccc2c1. The van der Waals surface area contributed by atoms with Crippen LogP contribution in [0.25, 0.3) is 10.8 Å². The molecule has 16 heavy (non-hydrogen) atoms. The maximum atomic E-state index is 12.6. The Bertz CT molecular complexity index is 548. The lowest BCUT2D eigenvalue weighted by Gasteiger charge is -2.00. The minimum atomic E-state index is -0.752. The molecule has 0 aromatic heterocycles. The number of carbonyl (C=O) groups excluding carboxylic acids is 1. The van der Waals surface area contributed by atoms with E-state index < -0.39 is 5.83 Å². The molecule has 0 saturated heterocycles. The van der Waals surface area contributed by atoms with Crippen LogP contribution in [-0.2, 0) is 4.79 Å². The van der Waals surface area contributed by atoms with Crippen molar-refractivity contribution in [1.29, 1.82) is 0 Å². The lowest BCUT2D eigenvalue weighted by Crippen LogP contribution is -1.74. The fourth-order valence-electron chi connectivity index (χ4n) is 1.39. The van der Waals surface area contributed by atoms with Crippen molar-refractivity contribution in [1.82, 2.24) is 0 Å². The second-order valence-corrected chi connectivity index (χ2v) is 4.19. The summed E-state index contributed by atoms with van der Waals surface area (Å²) in [4.78, 5) is 11.0. The van der Waals surface area contributed by atoms with E-state index in [0.717, 1.165) is 15.7 Å². The number of halogens is 1. The smallest absolute Gasteiger partial charge is 0.178 e. The zero-order valence-corrected chi connectivity index (χ0v) is 9.21. The van der Waals surface area contributed by atoms with E-state index in [1.54, 1.807) is 0 Å². The van der Waals surface area contributed by atoms with Crippen LogP contribution >= 0.6 is 11.8 Å². The van der Waals surface area contributed by atoms with Gasteiger partial charge < -0.3 is 0 Å². The number of rotatable bonds is 3. The first-order valence-electron chi connectivity index (χ1n) is 4.76. The number of benzene rings is 2. The van der Waals surface area contributed by atoms with Crippen molar-refractivity contribution in [2.24, 2.45) is 0 Å². The molecule has 0 amide bonds. The van der Waals surface area contributed by atoms with Crippen LogP contribution in [0.1, 0.15) is 0 Å². The van der Waals surface area contributed by atoms with Gasteiger partial charge in [0.1, 0.15) is 0 Å². The van der Waals surface area contributed by atoms with E-state index >= 15 is 0 Å². The van der Waals surface area contributed by atoms with Gasteiger partial charge in [0, 0.05) is 10.3 Å². The van der Waals surface area contributed by atoms with Gasteiger partial charge in [0.15, 0.2) is 12.1 Å². The molecule has 1 nitrogen and oxygen atoms in total. The molecule has 2 aromatic carbocycles. The lowest BCUT2D eigenvalue weighted by atomic mass is 10.1. The molecule has 0 saturated carbocycles.